The van der Waals surface area contributed by atoms with E-state index in [1.165, 1.54) is 40.7 Å². The minimum absolute atomic E-state index is 0.0537. The second-order valence-electron chi connectivity index (χ2n) is 7.72. The number of alkyl halides is 3. The van der Waals surface area contributed by atoms with Gasteiger partial charge in [-0.15, -0.1) is 0 Å². The number of ether oxygens (including phenoxy) is 1. The molecule has 1 N–H and O–H groups in total. The molecule has 1 atom stereocenters. The normalized spacial score (nSPS) is 17.7. The van der Waals surface area contributed by atoms with E-state index < -0.39 is 28.7 Å². The first-order valence-corrected chi connectivity index (χ1v) is 11.7. The number of nitrogens with zero attached hydrogens (tertiary/aromatic N) is 1. The van der Waals surface area contributed by atoms with Crippen molar-refractivity contribution in [2.24, 2.45) is 0 Å². The molecule has 0 aliphatic carbocycles. The smallest absolute Gasteiger partial charge is 0.422 e. The van der Waals surface area contributed by atoms with Crippen molar-refractivity contribution < 1.29 is 31.1 Å². The molecule has 1 heterocycles. The Morgan fingerprint density at radius 2 is 1.75 bits per heavy atom. The van der Waals surface area contributed by atoms with E-state index in [1.807, 2.05) is 6.92 Å². The molecule has 0 aromatic heterocycles. The Morgan fingerprint density at radius 3 is 2.34 bits per heavy atom. The molecule has 10 heteroatoms. The number of sulfonamides is 1. The van der Waals surface area contributed by atoms with Gasteiger partial charge in [-0.3, -0.25) is 4.79 Å². The fourth-order valence-electron chi connectivity index (χ4n) is 3.50. The van der Waals surface area contributed by atoms with Gasteiger partial charge in [-0.1, -0.05) is 18.6 Å². The van der Waals surface area contributed by atoms with Gasteiger partial charge in [0.25, 0.3) is 5.91 Å². The van der Waals surface area contributed by atoms with E-state index in [0.717, 1.165) is 19.3 Å². The van der Waals surface area contributed by atoms with Crippen LogP contribution in [0.2, 0.25) is 0 Å². The van der Waals surface area contributed by atoms with Crippen LogP contribution in [0.25, 0.3) is 0 Å². The summed E-state index contributed by atoms with van der Waals surface area (Å²) in [7, 11) is -3.61. The van der Waals surface area contributed by atoms with Crippen LogP contribution in [0.5, 0.6) is 5.75 Å². The Kier molecular flexibility index (Phi) is 7.45. The number of carbonyl (C=O) groups is 1. The van der Waals surface area contributed by atoms with Crippen molar-refractivity contribution in [3.8, 4) is 5.75 Å². The molecule has 3 rings (SSSR count). The quantitative estimate of drug-likeness (QED) is 0.661. The summed E-state index contributed by atoms with van der Waals surface area (Å²) in [5, 5.41) is 2.70. The van der Waals surface area contributed by atoms with E-state index in [-0.39, 0.29) is 23.2 Å². The van der Waals surface area contributed by atoms with Crippen molar-refractivity contribution >= 4 is 15.9 Å². The summed E-state index contributed by atoms with van der Waals surface area (Å²) in [6.45, 7) is 1.18. The maximum atomic E-state index is 12.9. The number of nitrogens with one attached hydrogen (secondary N) is 1. The lowest BCUT2D eigenvalue weighted by atomic mass is 10.1. The molecule has 1 fully saturated rings. The van der Waals surface area contributed by atoms with Gasteiger partial charge in [0.1, 0.15) is 5.75 Å². The first-order chi connectivity index (χ1) is 15.1. The second-order valence-corrected chi connectivity index (χ2v) is 9.61. The third-order valence-corrected chi connectivity index (χ3v) is 7.27. The Balaban J connectivity index is 1.57. The van der Waals surface area contributed by atoms with Crippen LogP contribution in [0.4, 0.5) is 13.2 Å². The van der Waals surface area contributed by atoms with Crippen LogP contribution in [0.3, 0.4) is 0 Å². The van der Waals surface area contributed by atoms with Gasteiger partial charge in [-0.25, -0.2) is 8.42 Å². The van der Waals surface area contributed by atoms with Crippen LogP contribution < -0.4 is 10.1 Å². The van der Waals surface area contributed by atoms with Crippen molar-refractivity contribution in [3.63, 3.8) is 0 Å². The lowest BCUT2D eigenvalue weighted by Gasteiger charge is -2.32. The Labute approximate surface area is 185 Å². The minimum Gasteiger partial charge on any atom is -0.484 e. The summed E-state index contributed by atoms with van der Waals surface area (Å²) in [5.41, 5.74) is 0.983. The third kappa shape index (κ3) is 6.23. The highest BCUT2D eigenvalue weighted by atomic mass is 32.2. The second kappa shape index (κ2) is 9.91. The highest BCUT2D eigenvalue weighted by molar-refractivity contribution is 7.89. The van der Waals surface area contributed by atoms with Gasteiger partial charge in [0, 0.05) is 24.7 Å². The molecule has 0 spiro atoms. The zero-order chi connectivity index (χ0) is 23.4. The lowest BCUT2D eigenvalue weighted by Crippen LogP contribution is -2.41. The largest absolute Gasteiger partial charge is 0.484 e. The Hall–Kier alpha value is -2.59. The summed E-state index contributed by atoms with van der Waals surface area (Å²) in [4.78, 5) is 12.5. The molecule has 32 heavy (non-hydrogen) atoms. The van der Waals surface area contributed by atoms with Crippen LogP contribution in [-0.4, -0.2) is 44.0 Å². The van der Waals surface area contributed by atoms with Crippen molar-refractivity contribution in [1.29, 1.82) is 0 Å². The molecule has 1 aliphatic rings. The number of halogens is 3. The molecule has 0 saturated carbocycles. The van der Waals surface area contributed by atoms with Crippen LogP contribution in [0.1, 0.15) is 42.1 Å². The number of carbonyl (C=O) groups excluding carboxylic acids is 1. The molecule has 1 unspecified atom stereocenters. The van der Waals surface area contributed by atoms with Gasteiger partial charge in [-0.2, -0.15) is 17.5 Å². The monoisotopic (exact) mass is 470 g/mol. The molecular weight excluding hydrogens is 445 g/mol. The predicted octanol–water partition coefficient (Wildman–Crippen LogP) is 4.12. The van der Waals surface area contributed by atoms with E-state index in [1.54, 1.807) is 12.1 Å². The van der Waals surface area contributed by atoms with E-state index in [0.29, 0.717) is 17.7 Å². The van der Waals surface area contributed by atoms with E-state index in [4.69, 9.17) is 0 Å². The van der Waals surface area contributed by atoms with Gasteiger partial charge in [0.15, 0.2) is 6.61 Å². The fraction of sp³-hybridized carbons (Fsp3) is 0.409. The molecule has 0 bridgehead atoms. The van der Waals surface area contributed by atoms with Crippen molar-refractivity contribution in [1.82, 2.24) is 9.62 Å². The molecule has 1 amide bonds. The number of amides is 1. The molecular formula is C22H25F3N2O4S. The number of piperidine rings is 1. The molecule has 2 aromatic rings. The average molecular weight is 471 g/mol. The maximum Gasteiger partial charge on any atom is 0.422 e. The van der Waals surface area contributed by atoms with Gasteiger partial charge in [0.05, 0.1) is 4.90 Å². The van der Waals surface area contributed by atoms with Crippen molar-refractivity contribution in [2.75, 3.05) is 13.2 Å². The minimum atomic E-state index is -4.41. The topological polar surface area (TPSA) is 75.7 Å². The fourth-order valence-corrected chi connectivity index (χ4v) is 5.20. The molecule has 1 aliphatic heterocycles. The zero-order valence-electron chi connectivity index (χ0n) is 17.6. The van der Waals surface area contributed by atoms with Crippen molar-refractivity contribution in [2.45, 2.75) is 49.8 Å². The highest BCUT2D eigenvalue weighted by Gasteiger charge is 2.31. The van der Waals surface area contributed by atoms with Crippen LogP contribution in [0.15, 0.2) is 53.4 Å². The van der Waals surface area contributed by atoms with Gasteiger partial charge >= 0.3 is 6.18 Å². The first kappa shape index (κ1) is 24.1. The summed E-state index contributed by atoms with van der Waals surface area (Å²) in [6.07, 6.45) is -1.74. The Morgan fingerprint density at radius 1 is 1.09 bits per heavy atom. The van der Waals surface area contributed by atoms with E-state index >= 15 is 0 Å². The van der Waals surface area contributed by atoms with Gasteiger partial charge in [0.2, 0.25) is 10.0 Å². The standard InChI is InChI=1S/C22H25F3N2O4S/c1-16-4-2-3-13-27(16)32(29,30)20-11-7-18(8-12-20)21(28)26-14-17-5-9-19(10-6-17)31-15-22(23,24)25/h5-12,16H,2-4,13-15H2,1H3,(H,26,28). The molecule has 1 saturated heterocycles. The van der Waals surface area contributed by atoms with Gasteiger partial charge < -0.3 is 10.1 Å². The van der Waals surface area contributed by atoms with Crippen molar-refractivity contribution in [3.05, 3.63) is 59.7 Å². The molecule has 2 aromatic carbocycles. The van der Waals surface area contributed by atoms with Crippen LogP contribution in [0, 0.1) is 0 Å². The summed E-state index contributed by atoms with van der Waals surface area (Å²) in [6, 6.07) is 11.6. The highest BCUT2D eigenvalue weighted by Crippen LogP contribution is 2.25. The Bertz CT molecular complexity index is 1020. The number of rotatable bonds is 7. The van der Waals surface area contributed by atoms with E-state index in [2.05, 4.69) is 10.1 Å². The average Bonchev–Trinajstić information content (AvgIpc) is 2.76. The number of benzene rings is 2. The number of hydrogen-bond acceptors (Lipinski definition) is 4. The van der Waals surface area contributed by atoms with E-state index in [9.17, 15) is 26.4 Å². The first-order valence-electron chi connectivity index (χ1n) is 10.2. The zero-order valence-corrected chi connectivity index (χ0v) is 18.4. The van der Waals surface area contributed by atoms with Gasteiger partial charge in [-0.05, 0) is 61.7 Å². The summed E-state index contributed by atoms with van der Waals surface area (Å²) >= 11 is 0. The predicted molar refractivity (Wildman–Crippen MR) is 113 cm³/mol. The maximum absolute atomic E-state index is 12.9. The van der Waals surface area contributed by atoms with Crippen LogP contribution >= 0.6 is 0 Å². The number of hydrogen-bond donors (Lipinski definition) is 1. The lowest BCUT2D eigenvalue weighted by molar-refractivity contribution is -0.153. The summed E-state index contributed by atoms with van der Waals surface area (Å²) in [5.74, 6) is -0.310. The molecule has 6 nitrogen and oxygen atoms in total. The third-order valence-electron chi connectivity index (χ3n) is 5.24. The SMILES string of the molecule is CC1CCCCN1S(=O)(=O)c1ccc(C(=O)NCc2ccc(OCC(F)(F)F)cc2)cc1. The molecule has 0 radical (unpaired) electrons. The summed E-state index contributed by atoms with van der Waals surface area (Å²) < 4.78 is 68.5. The molecule has 174 valence electrons. The van der Waals surface area contributed by atoms with Crippen LogP contribution in [-0.2, 0) is 16.6 Å².